The van der Waals surface area contributed by atoms with E-state index in [4.69, 9.17) is 11.6 Å². The normalized spacial score (nSPS) is 19.5. The highest BCUT2D eigenvalue weighted by atomic mass is 35.5. The second-order valence-corrected chi connectivity index (χ2v) is 6.13. The van der Waals surface area contributed by atoms with E-state index in [1.807, 2.05) is 0 Å². The topological polar surface area (TPSA) is 12.0 Å². The lowest BCUT2D eigenvalue weighted by molar-refractivity contribution is 0.378. The molecule has 0 aliphatic heterocycles. The first-order valence-electron chi connectivity index (χ1n) is 6.88. The van der Waals surface area contributed by atoms with E-state index in [1.165, 1.54) is 31.7 Å². The van der Waals surface area contributed by atoms with Crippen molar-refractivity contribution in [3.63, 3.8) is 0 Å². The fourth-order valence-electron chi connectivity index (χ4n) is 2.80. The van der Waals surface area contributed by atoms with E-state index in [0.29, 0.717) is 0 Å². The smallest absolute Gasteiger partial charge is 0.141 e. The maximum atomic E-state index is 13.0. The maximum Gasteiger partial charge on any atom is 0.141 e. The van der Waals surface area contributed by atoms with Gasteiger partial charge in [-0.05, 0) is 67.7 Å². The fraction of sp³-hybridized carbons (Fsp3) is 0.600. The van der Waals surface area contributed by atoms with E-state index in [-0.39, 0.29) is 10.8 Å². The molecule has 0 atom stereocenters. The van der Waals surface area contributed by atoms with Gasteiger partial charge in [0.2, 0.25) is 0 Å². The summed E-state index contributed by atoms with van der Waals surface area (Å²) in [6.07, 6.45) is 5.69. The highest BCUT2D eigenvalue weighted by molar-refractivity contribution is 6.30. The lowest BCUT2D eigenvalue weighted by Gasteiger charge is -2.16. The van der Waals surface area contributed by atoms with Crippen LogP contribution in [0.1, 0.15) is 31.2 Å². The van der Waals surface area contributed by atoms with E-state index in [9.17, 15) is 4.39 Å². The van der Waals surface area contributed by atoms with Gasteiger partial charge in [0.15, 0.2) is 0 Å². The SMILES string of the molecule is Fc1ccc(CNCC(C2CC2)C2CC2)cc1Cl. The molecule has 0 aromatic heterocycles. The molecule has 2 aliphatic rings. The second-order valence-electron chi connectivity index (χ2n) is 5.72. The van der Waals surface area contributed by atoms with Crippen LogP contribution in [0.15, 0.2) is 18.2 Å². The van der Waals surface area contributed by atoms with Crippen LogP contribution in [0.3, 0.4) is 0 Å². The van der Waals surface area contributed by atoms with Gasteiger partial charge in [-0.15, -0.1) is 0 Å². The summed E-state index contributed by atoms with van der Waals surface area (Å²) in [6.45, 7) is 1.89. The quantitative estimate of drug-likeness (QED) is 0.821. The van der Waals surface area contributed by atoms with Crippen molar-refractivity contribution >= 4 is 11.6 Å². The molecular formula is C15H19ClFN. The summed E-state index contributed by atoms with van der Waals surface area (Å²) >= 11 is 5.77. The molecule has 1 N–H and O–H groups in total. The van der Waals surface area contributed by atoms with Crippen LogP contribution in [0, 0.1) is 23.6 Å². The molecule has 0 amide bonds. The Morgan fingerprint density at radius 2 is 1.89 bits per heavy atom. The molecule has 1 nitrogen and oxygen atoms in total. The standard InChI is InChI=1S/C15H19ClFN/c16-14-7-10(1-6-15(14)17)8-18-9-13(11-2-3-11)12-4-5-12/h1,6-7,11-13,18H,2-5,8-9H2. The van der Waals surface area contributed by atoms with Crippen molar-refractivity contribution in [1.29, 1.82) is 0 Å². The molecule has 1 aromatic rings. The van der Waals surface area contributed by atoms with Crippen molar-refractivity contribution in [2.45, 2.75) is 32.2 Å². The molecule has 2 aliphatic carbocycles. The molecule has 98 valence electrons. The number of halogens is 2. The number of hydrogen-bond donors (Lipinski definition) is 1. The summed E-state index contributed by atoms with van der Waals surface area (Å²) in [5, 5.41) is 3.73. The lowest BCUT2D eigenvalue weighted by Crippen LogP contribution is -2.25. The van der Waals surface area contributed by atoms with E-state index in [2.05, 4.69) is 5.32 Å². The largest absolute Gasteiger partial charge is 0.312 e. The molecule has 0 spiro atoms. The molecule has 2 fully saturated rings. The first kappa shape index (κ1) is 12.4. The minimum Gasteiger partial charge on any atom is -0.312 e. The van der Waals surface area contributed by atoms with Crippen molar-refractivity contribution in [2.75, 3.05) is 6.54 Å². The van der Waals surface area contributed by atoms with Crippen LogP contribution in [0.4, 0.5) is 4.39 Å². The maximum absolute atomic E-state index is 13.0. The van der Waals surface area contributed by atoms with Crippen LogP contribution in [-0.2, 0) is 6.54 Å². The summed E-state index contributed by atoms with van der Waals surface area (Å²) in [5.74, 6) is 2.48. The number of nitrogens with one attached hydrogen (secondary N) is 1. The molecular weight excluding hydrogens is 249 g/mol. The summed E-state index contributed by atoms with van der Waals surface area (Å²) < 4.78 is 13.0. The van der Waals surface area contributed by atoms with Gasteiger partial charge in [0, 0.05) is 6.54 Å². The molecule has 0 bridgehead atoms. The van der Waals surface area contributed by atoms with Crippen molar-refractivity contribution in [1.82, 2.24) is 5.32 Å². The zero-order chi connectivity index (χ0) is 12.5. The Morgan fingerprint density at radius 1 is 1.22 bits per heavy atom. The van der Waals surface area contributed by atoms with Crippen molar-refractivity contribution in [3.8, 4) is 0 Å². The Bertz CT molecular complexity index is 415. The monoisotopic (exact) mass is 267 g/mol. The molecule has 0 heterocycles. The van der Waals surface area contributed by atoms with Gasteiger partial charge in [-0.25, -0.2) is 4.39 Å². The third-order valence-corrected chi connectivity index (χ3v) is 4.44. The van der Waals surface area contributed by atoms with Crippen LogP contribution < -0.4 is 5.32 Å². The minimum absolute atomic E-state index is 0.218. The zero-order valence-corrected chi connectivity index (χ0v) is 11.2. The molecule has 3 rings (SSSR count). The van der Waals surface area contributed by atoms with Gasteiger partial charge in [0.05, 0.1) is 5.02 Å². The second kappa shape index (κ2) is 5.18. The van der Waals surface area contributed by atoms with Crippen molar-refractivity contribution in [3.05, 3.63) is 34.6 Å². The number of benzene rings is 1. The van der Waals surface area contributed by atoms with Crippen LogP contribution >= 0.6 is 11.6 Å². The van der Waals surface area contributed by atoms with Gasteiger partial charge < -0.3 is 5.32 Å². The van der Waals surface area contributed by atoms with Gasteiger partial charge in [0.25, 0.3) is 0 Å². The third kappa shape index (κ3) is 3.04. The minimum atomic E-state index is -0.339. The van der Waals surface area contributed by atoms with Crippen LogP contribution in [0.25, 0.3) is 0 Å². The molecule has 0 radical (unpaired) electrons. The highest BCUT2D eigenvalue weighted by Gasteiger charge is 2.40. The van der Waals surface area contributed by atoms with Crippen LogP contribution in [0.2, 0.25) is 5.02 Å². The summed E-state index contributed by atoms with van der Waals surface area (Å²) in [6, 6.07) is 4.96. The van der Waals surface area contributed by atoms with E-state index < -0.39 is 0 Å². The Balaban J connectivity index is 1.49. The Morgan fingerprint density at radius 3 is 2.44 bits per heavy atom. The van der Waals surface area contributed by atoms with Gasteiger partial charge >= 0.3 is 0 Å². The molecule has 18 heavy (non-hydrogen) atoms. The van der Waals surface area contributed by atoms with E-state index in [0.717, 1.165) is 36.4 Å². The van der Waals surface area contributed by atoms with E-state index in [1.54, 1.807) is 12.1 Å². The highest BCUT2D eigenvalue weighted by Crippen LogP contribution is 2.48. The number of rotatable bonds is 6. The molecule has 2 saturated carbocycles. The third-order valence-electron chi connectivity index (χ3n) is 4.15. The van der Waals surface area contributed by atoms with Gasteiger partial charge in [-0.2, -0.15) is 0 Å². The Kier molecular flexibility index (Phi) is 3.58. The van der Waals surface area contributed by atoms with Crippen LogP contribution in [0.5, 0.6) is 0 Å². The lowest BCUT2D eigenvalue weighted by atomic mass is 9.98. The molecule has 0 saturated heterocycles. The summed E-state index contributed by atoms with van der Waals surface area (Å²) in [7, 11) is 0. The fourth-order valence-corrected chi connectivity index (χ4v) is 3.00. The average Bonchev–Trinajstić information content (AvgIpc) is 3.22. The number of hydrogen-bond acceptors (Lipinski definition) is 1. The zero-order valence-electron chi connectivity index (χ0n) is 10.5. The molecule has 0 unspecified atom stereocenters. The Labute approximate surface area is 113 Å². The van der Waals surface area contributed by atoms with E-state index >= 15 is 0 Å². The van der Waals surface area contributed by atoms with Gasteiger partial charge in [0.1, 0.15) is 5.82 Å². The average molecular weight is 268 g/mol. The molecule has 1 aromatic carbocycles. The first-order chi connectivity index (χ1) is 8.74. The van der Waals surface area contributed by atoms with Gasteiger partial charge in [-0.3, -0.25) is 0 Å². The molecule has 3 heteroatoms. The van der Waals surface area contributed by atoms with Crippen molar-refractivity contribution in [2.24, 2.45) is 17.8 Å². The summed E-state index contributed by atoms with van der Waals surface area (Å²) in [4.78, 5) is 0. The van der Waals surface area contributed by atoms with Crippen LogP contribution in [-0.4, -0.2) is 6.54 Å². The van der Waals surface area contributed by atoms with Gasteiger partial charge in [-0.1, -0.05) is 17.7 Å². The van der Waals surface area contributed by atoms with Crippen molar-refractivity contribution < 1.29 is 4.39 Å². The summed E-state index contributed by atoms with van der Waals surface area (Å²) in [5.41, 5.74) is 1.06. The predicted molar refractivity (Wildman–Crippen MR) is 72.1 cm³/mol. The Hall–Kier alpha value is -0.600. The first-order valence-corrected chi connectivity index (χ1v) is 7.26. The predicted octanol–water partition coefficient (Wildman–Crippen LogP) is 4.00.